The molecular formula is C20H20N2OS2. The zero-order valence-corrected chi connectivity index (χ0v) is 15.6. The maximum atomic E-state index is 12.5. The Bertz CT molecular complexity index is 867. The average Bonchev–Trinajstić information content (AvgIpc) is 3.16. The van der Waals surface area contributed by atoms with Gasteiger partial charge in [-0.1, -0.05) is 55.3 Å². The lowest BCUT2D eigenvalue weighted by molar-refractivity contribution is 0.102. The molecule has 25 heavy (non-hydrogen) atoms. The number of carbonyl (C=O) groups excluding carboxylic acids is 1. The molecule has 1 fully saturated rings. The standard InChI is InChI=1S/C20H20N2OS2/c23-18(12-25-20-19-17(10-11-24-19)21-13-22-20)16-8-6-15(7-9-16)14-4-2-1-3-5-14/h6-11,13-14H,1-5,12H2. The van der Waals surface area contributed by atoms with Gasteiger partial charge in [0.15, 0.2) is 5.78 Å². The maximum absolute atomic E-state index is 12.5. The summed E-state index contributed by atoms with van der Waals surface area (Å²) in [6.07, 6.45) is 8.17. The summed E-state index contributed by atoms with van der Waals surface area (Å²) in [6.45, 7) is 0. The van der Waals surface area contributed by atoms with Crippen LogP contribution in [0.15, 0.2) is 47.1 Å². The van der Waals surface area contributed by atoms with Crippen LogP contribution >= 0.6 is 23.1 Å². The van der Waals surface area contributed by atoms with Crippen molar-refractivity contribution in [1.82, 2.24) is 9.97 Å². The maximum Gasteiger partial charge on any atom is 0.173 e. The van der Waals surface area contributed by atoms with E-state index in [2.05, 4.69) is 22.1 Å². The number of benzene rings is 1. The number of Topliss-reactive ketones (excluding diaryl/α,β-unsaturated/α-hetero) is 1. The second-order valence-corrected chi connectivity index (χ2v) is 8.36. The van der Waals surface area contributed by atoms with Gasteiger partial charge in [-0.2, -0.15) is 0 Å². The Balaban J connectivity index is 1.41. The zero-order valence-electron chi connectivity index (χ0n) is 14.0. The smallest absolute Gasteiger partial charge is 0.173 e. The molecule has 128 valence electrons. The topological polar surface area (TPSA) is 42.9 Å². The number of thioether (sulfide) groups is 1. The summed E-state index contributed by atoms with van der Waals surface area (Å²) in [5, 5.41) is 2.90. The van der Waals surface area contributed by atoms with Crippen LogP contribution in [0.4, 0.5) is 0 Å². The van der Waals surface area contributed by atoms with Crippen LogP contribution in [0, 0.1) is 0 Å². The third kappa shape index (κ3) is 3.77. The van der Waals surface area contributed by atoms with Crippen molar-refractivity contribution >= 4 is 39.1 Å². The fourth-order valence-electron chi connectivity index (χ4n) is 3.46. The number of fused-ring (bicyclic) bond motifs is 1. The van der Waals surface area contributed by atoms with Crippen LogP contribution < -0.4 is 0 Å². The molecule has 0 atom stereocenters. The highest BCUT2D eigenvalue weighted by molar-refractivity contribution is 8.00. The number of hydrogen-bond donors (Lipinski definition) is 0. The van der Waals surface area contributed by atoms with E-state index in [1.807, 2.05) is 23.6 Å². The van der Waals surface area contributed by atoms with Gasteiger partial charge in [-0.15, -0.1) is 11.3 Å². The van der Waals surface area contributed by atoms with E-state index in [9.17, 15) is 4.79 Å². The fourth-order valence-corrected chi connectivity index (χ4v) is 5.30. The van der Waals surface area contributed by atoms with E-state index in [1.165, 1.54) is 49.4 Å². The molecule has 1 aromatic carbocycles. The zero-order chi connectivity index (χ0) is 17.1. The molecule has 0 radical (unpaired) electrons. The van der Waals surface area contributed by atoms with Crippen molar-refractivity contribution in [2.75, 3.05) is 5.75 Å². The van der Waals surface area contributed by atoms with Crippen LogP contribution in [0.3, 0.4) is 0 Å². The number of carbonyl (C=O) groups is 1. The predicted octanol–water partition coefficient (Wildman–Crippen LogP) is 5.71. The molecule has 3 nitrogen and oxygen atoms in total. The Labute approximate surface area is 155 Å². The van der Waals surface area contributed by atoms with Gasteiger partial charge in [0.25, 0.3) is 0 Å². The second-order valence-electron chi connectivity index (χ2n) is 6.48. The first-order valence-electron chi connectivity index (χ1n) is 8.75. The first-order valence-corrected chi connectivity index (χ1v) is 10.6. The van der Waals surface area contributed by atoms with Crippen molar-refractivity contribution in [2.45, 2.75) is 43.0 Å². The van der Waals surface area contributed by atoms with Crippen LogP contribution in [0.1, 0.15) is 53.9 Å². The molecule has 2 heterocycles. The minimum absolute atomic E-state index is 0.156. The van der Waals surface area contributed by atoms with Gasteiger partial charge in [-0.3, -0.25) is 4.79 Å². The molecule has 0 aliphatic heterocycles. The fraction of sp³-hybridized carbons (Fsp3) is 0.350. The first kappa shape index (κ1) is 16.7. The normalized spacial score (nSPS) is 15.5. The lowest BCUT2D eigenvalue weighted by atomic mass is 9.84. The molecule has 4 rings (SSSR count). The Morgan fingerprint density at radius 1 is 1.08 bits per heavy atom. The number of thiophene rings is 1. The van der Waals surface area contributed by atoms with Gasteiger partial charge in [-0.05, 0) is 35.8 Å². The minimum Gasteiger partial charge on any atom is -0.293 e. The van der Waals surface area contributed by atoms with E-state index in [0.717, 1.165) is 20.8 Å². The highest BCUT2D eigenvalue weighted by Gasteiger charge is 2.16. The predicted molar refractivity (Wildman–Crippen MR) is 105 cm³/mol. The molecule has 5 heteroatoms. The third-order valence-electron chi connectivity index (χ3n) is 4.86. The monoisotopic (exact) mass is 368 g/mol. The second kappa shape index (κ2) is 7.67. The minimum atomic E-state index is 0.156. The van der Waals surface area contributed by atoms with Gasteiger partial charge in [0.2, 0.25) is 0 Å². The van der Waals surface area contributed by atoms with Crippen molar-refractivity contribution in [2.24, 2.45) is 0 Å². The van der Waals surface area contributed by atoms with Gasteiger partial charge >= 0.3 is 0 Å². The SMILES string of the molecule is O=C(CSc1ncnc2ccsc12)c1ccc(C2CCCCC2)cc1. The number of rotatable bonds is 5. The summed E-state index contributed by atoms with van der Waals surface area (Å²) in [5.74, 6) is 1.25. The van der Waals surface area contributed by atoms with Crippen LogP contribution in [0.5, 0.6) is 0 Å². The van der Waals surface area contributed by atoms with Gasteiger partial charge in [0, 0.05) is 5.56 Å². The van der Waals surface area contributed by atoms with Crippen LogP contribution in [0.2, 0.25) is 0 Å². The highest BCUT2D eigenvalue weighted by Crippen LogP contribution is 2.33. The molecule has 0 spiro atoms. The molecular weight excluding hydrogens is 348 g/mol. The number of nitrogens with zero attached hydrogens (tertiary/aromatic N) is 2. The van der Waals surface area contributed by atoms with E-state index in [0.29, 0.717) is 11.7 Å². The summed E-state index contributed by atoms with van der Waals surface area (Å²) in [5.41, 5.74) is 3.13. The van der Waals surface area contributed by atoms with Crippen molar-refractivity contribution in [3.63, 3.8) is 0 Å². The summed E-state index contributed by atoms with van der Waals surface area (Å²) in [7, 11) is 0. The average molecular weight is 369 g/mol. The molecule has 1 aliphatic rings. The Morgan fingerprint density at radius 3 is 2.68 bits per heavy atom. The summed E-state index contributed by atoms with van der Waals surface area (Å²) in [6, 6.07) is 10.3. The van der Waals surface area contributed by atoms with Gasteiger partial charge in [0.05, 0.1) is 16.0 Å². The molecule has 1 saturated carbocycles. The molecule has 0 unspecified atom stereocenters. The molecule has 0 bridgehead atoms. The third-order valence-corrected chi connectivity index (χ3v) is 6.89. The first-order chi connectivity index (χ1) is 12.3. The van der Waals surface area contributed by atoms with E-state index >= 15 is 0 Å². The number of hydrogen-bond acceptors (Lipinski definition) is 5. The summed E-state index contributed by atoms with van der Waals surface area (Å²) < 4.78 is 1.06. The van der Waals surface area contributed by atoms with Crippen LogP contribution in [-0.2, 0) is 0 Å². The van der Waals surface area contributed by atoms with Crippen molar-refractivity contribution in [3.05, 3.63) is 53.2 Å². The Hall–Kier alpha value is -1.72. The summed E-state index contributed by atoms with van der Waals surface area (Å²) in [4.78, 5) is 21.1. The van der Waals surface area contributed by atoms with Gasteiger partial charge < -0.3 is 0 Å². The van der Waals surface area contributed by atoms with Crippen molar-refractivity contribution < 1.29 is 4.79 Å². The molecule has 0 saturated heterocycles. The largest absolute Gasteiger partial charge is 0.293 e. The molecule has 1 aliphatic carbocycles. The highest BCUT2D eigenvalue weighted by atomic mass is 32.2. The summed E-state index contributed by atoms with van der Waals surface area (Å²) >= 11 is 3.12. The lowest BCUT2D eigenvalue weighted by Crippen LogP contribution is -2.06. The lowest BCUT2D eigenvalue weighted by Gasteiger charge is -2.22. The van der Waals surface area contributed by atoms with Crippen molar-refractivity contribution in [3.8, 4) is 0 Å². The Morgan fingerprint density at radius 2 is 1.88 bits per heavy atom. The quantitative estimate of drug-likeness (QED) is 0.328. The number of ketones is 1. The number of aromatic nitrogens is 2. The molecule has 0 N–H and O–H groups in total. The van der Waals surface area contributed by atoms with E-state index in [1.54, 1.807) is 17.7 Å². The van der Waals surface area contributed by atoms with Crippen LogP contribution in [-0.4, -0.2) is 21.5 Å². The van der Waals surface area contributed by atoms with Crippen molar-refractivity contribution in [1.29, 1.82) is 0 Å². The molecule has 3 aromatic rings. The van der Waals surface area contributed by atoms with Crippen LogP contribution in [0.25, 0.3) is 10.2 Å². The molecule has 0 amide bonds. The van der Waals surface area contributed by atoms with Gasteiger partial charge in [0.1, 0.15) is 11.4 Å². The Kier molecular flexibility index (Phi) is 5.13. The molecule has 2 aromatic heterocycles. The van der Waals surface area contributed by atoms with E-state index in [-0.39, 0.29) is 5.78 Å². The van der Waals surface area contributed by atoms with E-state index < -0.39 is 0 Å². The van der Waals surface area contributed by atoms with Gasteiger partial charge in [-0.25, -0.2) is 9.97 Å². The van der Waals surface area contributed by atoms with E-state index in [4.69, 9.17) is 0 Å².